The summed E-state index contributed by atoms with van der Waals surface area (Å²) in [7, 11) is 0. The zero-order valence-corrected chi connectivity index (χ0v) is 11.0. The van der Waals surface area contributed by atoms with Crippen LogP contribution in [0.4, 0.5) is 5.13 Å². The van der Waals surface area contributed by atoms with Gasteiger partial charge < -0.3 is 10.4 Å². The first-order valence-corrected chi connectivity index (χ1v) is 6.47. The largest absolute Gasteiger partial charge is 0.508 e. The lowest BCUT2D eigenvalue weighted by atomic mass is 10.1. The number of thiazole rings is 1. The average Bonchev–Trinajstić information content (AvgIpc) is 2.77. The van der Waals surface area contributed by atoms with Crippen molar-refractivity contribution in [2.24, 2.45) is 0 Å². The molecule has 1 heterocycles. The number of carbonyl (C=O) groups excluding carboxylic acids is 2. The third-order valence-electron chi connectivity index (χ3n) is 2.39. The van der Waals surface area contributed by atoms with Gasteiger partial charge in [-0.15, -0.1) is 11.3 Å². The highest BCUT2D eigenvalue weighted by atomic mass is 32.1. The second-order valence-electron chi connectivity index (χ2n) is 3.99. The normalized spacial score (nSPS) is 10.2. The van der Waals surface area contributed by atoms with E-state index in [1.54, 1.807) is 23.6 Å². The minimum atomic E-state index is -0.241. The summed E-state index contributed by atoms with van der Waals surface area (Å²) in [4.78, 5) is 26.8. The van der Waals surface area contributed by atoms with Crippen LogP contribution >= 0.6 is 11.3 Å². The number of nitrogens with one attached hydrogen (secondary N) is 1. The van der Waals surface area contributed by atoms with E-state index in [4.69, 9.17) is 0 Å². The first kappa shape index (κ1) is 13.2. The van der Waals surface area contributed by atoms with E-state index in [2.05, 4.69) is 10.3 Å². The van der Waals surface area contributed by atoms with Crippen LogP contribution in [0.5, 0.6) is 5.75 Å². The second kappa shape index (κ2) is 5.62. The standard InChI is InChI=1S/C13H12N2O3S/c1-8(16)11-7-19-13(14-11)15-12(18)6-9-3-2-4-10(17)5-9/h2-5,7,17H,6H2,1H3,(H,14,15,18). The van der Waals surface area contributed by atoms with Crippen LogP contribution in [0.25, 0.3) is 0 Å². The fraction of sp³-hybridized carbons (Fsp3) is 0.154. The van der Waals surface area contributed by atoms with Crippen LogP contribution in [-0.4, -0.2) is 21.8 Å². The highest BCUT2D eigenvalue weighted by molar-refractivity contribution is 7.14. The lowest BCUT2D eigenvalue weighted by molar-refractivity contribution is -0.115. The number of Topliss-reactive ketones (excluding diaryl/α,β-unsaturated/α-hetero) is 1. The Morgan fingerprint density at radius 2 is 2.21 bits per heavy atom. The zero-order chi connectivity index (χ0) is 13.8. The number of phenolic OH excluding ortho intramolecular Hbond substituents is 1. The fourth-order valence-corrected chi connectivity index (χ4v) is 2.27. The molecule has 0 spiro atoms. The molecular formula is C13H12N2O3S. The molecule has 6 heteroatoms. The molecule has 0 saturated heterocycles. The van der Waals surface area contributed by atoms with Crippen molar-refractivity contribution in [1.82, 2.24) is 4.98 Å². The molecule has 0 aliphatic heterocycles. The van der Waals surface area contributed by atoms with E-state index >= 15 is 0 Å². The number of ketones is 1. The summed E-state index contributed by atoms with van der Waals surface area (Å²) in [5.74, 6) is -0.252. The minimum Gasteiger partial charge on any atom is -0.508 e. The van der Waals surface area contributed by atoms with Gasteiger partial charge in [-0.1, -0.05) is 12.1 Å². The molecule has 5 nitrogen and oxygen atoms in total. The van der Waals surface area contributed by atoms with Crippen LogP contribution < -0.4 is 5.32 Å². The molecule has 0 aliphatic carbocycles. The molecule has 0 atom stereocenters. The number of carbonyl (C=O) groups is 2. The molecule has 1 aromatic carbocycles. The minimum absolute atomic E-state index is 0.124. The Labute approximate surface area is 113 Å². The highest BCUT2D eigenvalue weighted by Gasteiger charge is 2.09. The van der Waals surface area contributed by atoms with Gasteiger partial charge in [-0.05, 0) is 17.7 Å². The Balaban J connectivity index is 1.99. The van der Waals surface area contributed by atoms with Gasteiger partial charge in [-0.3, -0.25) is 9.59 Å². The number of amides is 1. The number of benzene rings is 1. The van der Waals surface area contributed by atoms with Crippen LogP contribution in [0.15, 0.2) is 29.6 Å². The van der Waals surface area contributed by atoms with E-state index < -0.39 is 0 Å². The molecule has 98 valence electrons. The number of nitrogens with zero attached hydrogens (tertiary/aromatic N) is 1. The summed E-state index contributed by atoms with van der Waals surface area (Å²) in [5, 5.41) is 13.9. The molecule has 0 bridgehead atoms. The van der Waals surface area contributed by atoms with E-state index in [1.807, 2.05) is 0 Å². The van der Waals surface area contributed by atoms with Crippen molar-refractivity contribution in [1.29, 1.82) is 0 Å². The predicted molar refractivity (Wildman–Crippen MR) is 72.6 cm³/mol. The van der Waals surface area contributed by atoms with E-state index in [0.717, 1.165) is 0 Å². The molecule has 19 heavy (non-hydrogen) atoms. The smallest absolute Gasteiger partial charge is 0.230 e. The topological polar surface area (TPSA) is 79.3 Å². The Morgan fingerprint density at radius 3 is 2.84 bits per heavy atom. The van der Waals surface area contributed by atoms with Crippen molar-refractivity contribution in [2.75, 3.05) is 5.32 Å². The summed E-state index contributed by atoms with van der Waals surface area (Å²) >= 11 is 1.21. The van der Waals surface area contributed by atoms with E-state index in [1.165, 1.54) is 24.3 Å². The van der Waals surface area contributed by atoms with Crippen LogP contribution in [0.3, 0.4) is 0 Å². The molecular weight excluding hydrogens is 264 g/mol. The third kappa shape index (κ3) is 3.62. The van der Waals surface area contributed by atoms with E-state index in [-0.39, 0.29) is 23.9 Å². The third-order valence-corrected chi connectivity index (χ3v) is 3.14. The van der Waals surface area contributed by atoms with Gasteiger partial charge in [-0.2, -0.15) is 0 Å². The SMILES string of the molecule is CC(=O)c1csc(NC(=O)Cc2cccc(O)c2)n1. The molecule has 1 aromatic heterocycles. The number of phenols is 1. The quantitative estimate of drug-likeness (QED) is 0.839. The van der Waals surface area contributed by atoms with Crippen molar-refractivity contribution in [3.8, 4) is 5.75 Å². The molecule has 0 saturated carbocycles. The maximum Gasteiger partial charge on any atom is 0.230 e. The molecule has 0 fully saturated rings. The maximum atomic E-state index is 11.8. The van der Waals surface area contributed by atoms with Crippen molar-refractivity contribution < 1.29 is 14.7 Å². The second-order valence-corrected chi connectivity index (χ2v) is 4.85. The summed E-state index contributed by atoms with van der Waals surface area (Å²) in [6.07, 6.45) is 0.142. The molecule has 2 N–H and O–H groups in total. The van der Waals surface area contributed by atoms with Crippen molar-refractivity contribution in [3.63, 3.8) is 0 Å². The van der Waals surface area contributed by atoms with E-state index in [9.17, 15) is 14.7 Å². The van der Waals surface area contributed by atoms with Gasteiger partial charge in [0.15, 0.2) is 10.9 Å². The molecule has 0 unspecified atom stereocenters. The number of aromatic nitrogens is 1. The summed E-state index contributed by atoms with van der Waals surface area (Å²) in [5.41, 5.74) is 1.05. The first-order chi connectivity index (χ1) is 9.04. The van der Waals surface area contributed by atoms with Crippen molar-refractivity contribution in [3.05, 3.63) is 40.9 Å². The number of rotatable bonds is 4. The van der Waals surface area contributed by atoms with Gasteiger partial charge in [0.05, 0.1) is 6.42 Å². The summed E-state index contributed by atoms with van der Waals surface area (Å²) in [6.45, 7) is 1.42. The highest BCUT2D eigenvalue weighted by Crippen LogP contribution is 2.17. The Bertz CT molecular complexity index is 622. The zero-order valence-electron chi connectivity index (χ0n) is 10.2. The van der Waals surface area contributed by atoms with Crippen LogP contribution in [0.2, 0.25) is 0 Å². The van der Waals surface area contributed by atoms with E-state index in [0.29, 0.717) is 16.4 Å². The van der Waals surface area contributed by atoms with Crippen molar-refractivity contribution >= 4 is 28.2 Å². The molecule has 1 amide bonds. The predicted octanol–water partition coefficient (Wildman–Crippen LogP) is 2.23. The van der Waals surface area contributed by atoms with Crippen LogP contribution in [0, 0.1) is 0 Å². The van der Waals surface area contributed by atoms with Crippen LogP contribution in [0.1, 0.15) is 23.0 Å². The van der Waals surface area contributed by atoms with Gasteiger partial charge in [0.2, 0.25) is 5.91 Å². The Morgan fingerprint density at radius 1 is 1.42 bits per heavy atom. The first-order valence-electron chi connectivity index (χ1n) is 5.59. The maximum absolute atomic E-state index is 11.8. The Kier molecular flexibility index (Phi) is 3.91. The Hall–Kier alpha value is -2.21. The molecule has 2 rings (SSSR count). The number of aromatic hydroxyl groups is 1. The van der Waals surface area contributed by atoms with Gasteiger partial charge in [0, 0.05) is 12.3 Å². The average molecular weight is 276 g/mol. The van der Waals surface area contributed by atoms with Crippen LogP contribution in [-0.2, 0) is 11.2 Å². The molecule has 0 aliphatic rings. The fourth-order valence-electron chi connectivity index (χ4n) is 1.51. The number of hydrogen-bond acceptors (Lipinski definition) is 5. The summed E-state index contributed by atoms with van der Waals surface area (Å²) in [6, 6.07) is 6.50. The lowest BCUT2D eigenvalue weighted by Crippen LogP contribution is -2.14. The van der Waals surface area contributed by atoms with Gasteiger partial charge in [0.25, 0.3) is 0 Å². The lowest BCUT2D eigenvalue weighted by Gasteiger charge is -2.02. The number of anilines is 1. The monoisotopic (exact) mass is 276 g/mol. The molecule has 0 radical (unpaired) electrons. The van der Waals surface area contributed by atoms with Gasteiger partial charge in [0.1, 0.15) is 11.4 Å². The molecule has 2 aromatic rings. The number of hydrogen-bond donors (Lipinski definition) is 2. The van der Waals surface area contributed by atoms with Gasteiger partial charge in [-0.25, -0.2) is 4.98 Å². The summed E-state index contributed by atoms with van der Waals surface area (Å²) < 4.78 is 0. The van der Waals surface area contributed by atoms with Gasteiger partial charge >= 0.3 is 0 Å². The van der Waals surface area contributed by atoms with Crippen molar-refractivity contribution in [2.45, 2.75) is 13.3 Å².